The maximum atomic E-state index is 13.2. The molecule has 3 heterocycles. The van der Waals surface area contributed by atoms with Gasteiger partial charge in [-0.1, -0.05) is 18.2 Å². The Kier molecular flexibility index (Phi) is 4.43. The van der Waals surface area contributed by atoms with Gasteiger partial charge < -0.3 is 19.4 Å². The van der Waals surface area contributed by atoms with E-state index in [0.717, 1.165) is 27.9 Å². The van der Waals surface area contributed by atoms with Crippen LogP contribution in [0.3, 0.4) is 0 Å². The van der Waals surface area contributed by atoms with E-state index >= 15 is 0 Å². The molecule has 6 nitrogen and oxygen atoms in total. The molecule has 7 heteroatoms. The number of benzene rings is 2. The third-order valence-corrected chi connectivity index (χ3v) is 6.62. The van der Waals surface area contributed by atoms with Gasteiger partial charge in [0, 0.05) is 41.2 Å². The molecule has 30 heavy (non-hydrogen) atoms. The number of amides is 1. The molecule has 0 spiro atoms. The van der Waals surface area contributed by atoms with Gasteiger partial charge in [-0.15, -0.1) is 0 Å². The average molecular weight is 422 g/mol. The lowest BCUT2D eigenvalue weighted by atomic mass is 9.88. The van der Waals surface area contributed by atoms with Crippen LogP contribution in [0.25, 0.3) is 10.9 Å². The predicted octanol–water partition coefficient (Wildman–Crippen LogP) is 3.65. The van der Waals surface area contributed by atoms with Gasteiger partial charge >= 0.3 is 0 Å². The van der Waals surface area contributed by atoms with Crippen LogP contribution < -0.4 is 9.47 Å². The van der Waals surface area contributed by atoms with Crippen LogP contribution in [0.4, 0.5) is 0 Å². The Bertz CT molecular complexity index is 1170. The lowest BCUT2D eigenvalue weighted by molar-refractivity contribution is -0.128. The second-order valence-electron chi connectivity index (χ2n) is 7.57. The number of aromatic amines is 1. The summed E-state index contributed by atoms with van der Waals surface area (Å²) in [5, 5.41) is 1.72. The van der Waals surface area contributed by atoms with Gasteiger partial charge in [-0.2, -0.15) is 0 Å². The van der Waals surface area contributed by atoms with Crippen LogP contribution >= 0.6 is 12.2 Å². The van der Waals surface area contributed by atoms with E-state index in [9.17, 15) is 4.79 Å². The molecule has 1 aromatic heterocycles. The number of para-hydroxylation sites is 1. The zero-order valence-electron chi connectivity index (χ0n) is 17.1. The Morgan fingerprint density at radius 2 is 1.97 bits per heavy atom. The molecule has 2 aliphatic rings. The molecule has 1 saturated heterocycles. The summed E-state index contributed by atoms with van der Waals surface area (Å²) in [4.78, 5) is 20.6. The van der Waals surface area contributed by atoms with Crippen LogP contribution in [0, 0.1) is 0 Å². The molecule has 5 rings (SSSR count). The van der Waals surface area contributed by atoms with Crippen LogP contribution in [-0.2, 0) is 11.2 Å². The molecule has 0 saturated carbocycles. The lowest BCUT2D eigenvalue weighted by Crippen LogP contribution is -2.44. The molecule has 0 bridgehead atoms. The summed E-state index contributed by atoms with van der Waals surface area (Å²) < 4.78 is 11.1. The topological polar surface area (TPSA) is 57.8 Å². The number of hydrogen-bond acceptors (Lipinski definition) is 4. The highest BCUT2D eigenvalue weighted by Gasteiger charge is 2.50. The van der Waals surface area contributed by atoms with Gasteiger partial charge in [-0.3, -0.25) is 9.69 Å². The van der Waals surface area contributed by atoms with Crippen molar-refractivity contribution in [3.8, 4) is 11.5 Å². The number of H-pyrrole nitrogens is 1. The van der Waals surface area contributed by atoms with Crippen LogP contribution in [0.5, 0.6) is 11.5 Å². The quantitative estimate of drug-likeness (QED) is 0.652. The van der Waals surface area contributed by atoms with Crippen molar-refractivity contribution in [1.82, 2.24) is 14.8 Å². The highest BCUT2D eigenvalue weighted by molar-refractivity contribution is 7.80. The standard InChI is InChI=1S/C23H23N3O3S/c1-4-25-22(27)18-12-16-14-7-5-6-8-17(14)24-20(16)21(26(18)23(25)30)15-10-9-13(28-2)11-19(15)29-3/h5-11,18,21,24H,4,12H2,1-3H3. The minimum atomic E-state index is -0.319. The zero-order valence-corrected chi connectivity index (χ0v) is 18.0. The van der Waals surface area contributed by atoms with Crippen molar-refractivity contribution < 1.29 is 14.3 Å². The Morgan fingerprint density at radius 3 is 2.70 bits per heavy atom. The van der Waals surface area contributed by atoms with E-state index < -0.39 is 0 Å². The van der Waals surface area contributed by atoms with Crippen molar-refractivity contribution in [2.45, 2.75) is 25.4 Å². The Balaban J connectivity index is 1.77. The van der Waals surface area contributed by atoms with E-state index in [-0.39, 0.29) is 18.0 Å². The predicted molar refractivity (Wildman–Crippen MR) is 119 cm³/mol. The van der Waals surface area contributed by atoms with E-state index in [0.29, 0.717) is 23.8 Å². The number of nitrogens with one attached hydrogen (secondary N) is 1. The van der Waals surface area contributed by atoms with E-state index in [4.69, 9.17) is 21.7 Å². The van der Waals surface area contributed by atoms with E-state index in [2.05, 4.69) is 22.0 Å². The first-order valence-electron chi connectivity index (χ1n) is 10.0. The number of aromatic nitrogens is 1. The van der Waals surface area contributed by atoms with Crippen molar-refractivity contribution in [3.05, 3.63) is 59.3 Å². The van der Waals surface area contributed by atoms with Gasteiger partial charge in [-0.05, 0) is 42.9 Å². The number of carbonyl (C=O) groups is 1. The molecule has 1 amide bonds. The SMILES string of the molecule is CCN1C(=O)C2Cc3c([nH]c4ccccc34)C(c3ccc(OC)cc3OC)N2C1=S. The van der Waals surface area contributed by atoms with E-state index in [1.165, 1.54) is 5.56 Å². The Labute approximate surface area is 180 Å². The maximum absolute atomic E-state index is 13.2. The van der Waals surface area contributed by atoms with Gasteiger partial charge in [0.25, 0.3) is 5.91 Å². The Morgan fingerprint density at radius 1 is 1.17 bits per heavy atom. The van der Waals surface area contributed by atoms with Gasteiger partial charge in [0.2, 0.25) is 0 Å². The number of fused-ring (bicyclic) bond motifs is 4. The molecule has 0 radical (unpaired) electrons. The van der Waals surface area contributed by atoms with Crippen LogP contribution in [0.1, 0.15) is 29.8 Å². The first-order chi connectivity index (χ1) is 14.6. The summed E-state index contributed by atoms with van der Waals surface area (Å²) in [6, 6.07) is 13.5. The molecular weight excluding hydrogens is 398 g/mol. The Hall–Kier alpha value is -3.06. The van der Waals surface area contributed by atoms with Crippen molar-refractivity contribution in [3.63, 3.8) is 0 Å². The normalized spacial score (nSPS) is 20.5. The van der Waals surface area contributed by atoms with Crippen molar-refractivity contribution in [2.24, 2.45) is 0 Å². The minimum absolute atomic E-state index is 0.0657. The van der Waals surface area contributed by atoms with Gasteiger partial charge in [0.1, 0.15) is 23.6 Å². The molecule has 2 unspecified atom stereocenters. The van der Waals surface area contributed by atoms with Crippen LogP contribution in [-0.4, -0.2) is 52.6 Å². The largest absolute Gasteiger partial charge is 0.497 e. The fourth-order valence-corrected chi connectivity index (χ4v) is 5.24. The third-order valence-electron chi connectivity index (χ3n) is 6.19. The van der Waals surface area contributed by atoms with E-state index in [1.807, 2.05) is 37.3 Å². The molecule has 2 aromatic carbocycles. The number of hydrogen-bond donors (Lipinski definition) is 1. The smallest absolute Gasteiger partial charge is 0.251 e. The van der Waals surface area contributed by atoms with Gasteiger partial charge in [0.05, 0.1) is 14.2 Å². The molecule has 3 aromatic rings. The van der Waals surface area contributed by atoms with Crippen molar-refractivity contribution in [2.75, 3.05) is 20.8 Å². The molecule has 1 N–H and O–H groups in total. The second-order valence-corrected chi connectivity index (χ2v) is 7.93. The molecule has 0 aliphatic carbocycles. The minimum Gasteiger partial charge on any atom is -0.497 e. The summed E-state index contributed by atoms with van der Waals surface area (Å²) in [6.07, 6.45) is 0.629. The summed E-state index contributed by atoms with van der Waals surface area (Å²) >= 11 is 5.78. The first-order valence-corrected chi connectivity index (χ1v) is 10.4. The molecular formula is C23H23N3O3S. The number of nitrogens with zero attached hydrogens (tertiary/aromatic N) is 2. The third kappa shape index (κ3) is 2.55. The van der Waals surface area contributed by atoms with Crippen molar-refractivity contribution >= 4 is 34.1 Å². The van der Waals surface area contributed by atoms with Gasteiger partial charge in [-0.25, -0.2) is 0 Å². The lowest BCUT2D eigenvalue weighted by Gasteiger charge is -2.38. The summed E-state index contributed by atoms with van der Waals surface area (Å²) in [5.74, 6) is 1.49. The van der Waals surface area contributed by atoms with Crippen molar-refractivity contribution in [1.29, 1.82) is 0 Å². The number of carbonyl (C=O) groups excluding carboxylic acids is 1. The van der Waals surface area contributed by atoms with Gasteiger partial charge in [0.15, 0.2) is 5.11 Å². The molecule has 2 atom stereocenters. The highest BCUT2D eigenvalue weighted by atomic mass is 32.1. The number of methoxy groups -OCH3 is 2. The first kappa shape index (κ1) is 18.9. The second kappa shape index (κ2) is 7.02. The number of likely N-dealkylation sites (N-methyl/N-ethyl adjacent to an activating group) is 1. The van der Waals surface area contributed by atoms with E-state index in [1.54, 1.807) is 19.1 Å². The average Bonchev–Trinajstić information content (AvgIpc) is 3.26. The number of thiocarbonyl (C=S) groups is 1. The molecule has 1 fully saturated rings. The fraction of sp³-hybridized carbons (Fsp3) is 0.304. The summed E-state index contributed by atoms with van der Waals surface area (Å²) in [6.45, 7) is 2.52. The molecule has 2 aliphatic heterocycles. The maximum Gasteiger partial charge on any atom is 0.251 e. The highest BCUT2D eigenvalue weighted by Crippen LogP contribution is 2.46. The van der Waals surface area contributed by atoms with Crippen LogP contribution in [0.15, 0.2) is 42.5 Å². The fourth-order valence-electron chi connectivity index (χ4n) is 4.79. The number of rotatable bonds is 4. The molecule has 154 valence electrons. The monoisotopic (exact) mass is 421 g/mol. The summed E-state index contributed by atoms with van der Waals surface area (Å²) in [7, 11) is 3.28. The number of ether oxygens (including phenoxy) is 2. The zero-order chi connectivity index (χ0) is 21.0. The van der Waals surface area contributed by atoms with Crippen LogP contribution in [0.2, 0.25) is 0 Å². The summed E-state index contributed by atoms with van der Waals surface area (Å²) in [5.41, 5.74) is 4.24.